The molecule has 0 saturated heterocycles. The summed E-state index contributed by atoms with van der Waals surface area (Å²) in [6, 6.07) is 10.5. The van der Waals surface area contributed by atoms with E-state index in [9.17, 15) is 4.39 Å². The van der Waals surface area contributed by atoms with Crippen LogP contribution in [0.15, 0.2) is 56.3 Å². The first-order valence-corrected chi connectivity index (χ1v) is 9.01. The molecule has 1 aliphatic rings. The fourth-order valence-corrected chi connectivity index (χ4v) is 3.55. The van der Waals surface area contributed by atoms with Crippen molar-refractivity contribution < 1.29 is 8.81 Å². The number of hydrogen-bond donors (Lipinski definition) is 2. The van der Waals surface area contributed by atoms with Gasteiger partial charge in [0.25, 0.3) is 0 Å². The maximum absolute atomic E-state index is 13.9. The maximum Gasteiger partial charge on any atom is 0.213 e. The third-order valence-corrected chi connectivity index (χ3v) is 5.02. The lowest BCUT2D eigenvalue weighted by molar-refractivity contribution is 0.465. The van der Waals surface area contributed by atoms with Crippen molar-refractivity contribution in [1.82, 2.24) is 10.3 Å². The third-order valence-electron chi connectivity index (χ3n) is 3.82. The minimum absolute atomic E-state index is 0.0972. The molecule has 26 heavy (non-hydrogen) atoms. The SMILES string of the molecule is Cc1cnc(CNC2=NSc3cccc(-c4cccc(F)c4Cl)c3N2)o1. The second kappa shape index (κ2) is 7.01. The molecule has 0 saturated carbocycles. The van der Waals surface area contributed by atoms with Crippen LogP contribution in [0.5, 0.6) is 0 Å². The average molecular weight is 389 g/mol. The van der Waals surface area contributed by atoms with E-state index in [1.54, 1.807) is 18.3 Å². The predicted molar refractivity (Wildman–Crippen MR) is 102 cm³/mol. The summed E-state index contributed by atoms with van der Waals surface area (Å²) in [5.41, 5.74) is 2.26. The van der Waals surface area contributed by atoms with E-state index in [0.29, 0.717) is 24.0 Å². The van der Waals surface area contributed by atoms with Crippen molar-refractivity contribution in [3.05, 3.63) is 65.1 Å². The minimum Gasteiger partial charge on any atom is -0.444 e. The largest absolute Gasteiger partial charge is 0.444 e. The van der Waals surface area contributed by atoms with Gasteiger partial charge >= 0.3 is 0 Å². The van der Waals surface area contributed by atoms with Crippen LogP contribution in [0.4, 0.5) is 10.1 Å². The van der Waals surface area contributed by atoms with Gasteiger partial charge in [0.1, 0.15) is 11.6 Å². The van der Waals surface area contributed by atoms with Gasteiger partial charge in [0.15, 0.2) is 0 Å². The van der Waals surface area contributed by atoms with Gasteiger partial charge < -0.3 is 15.1 Å². The van der Waals surface area contributed by atoms with Gasteiger partial charge in [-0.3, -0.25) is 0 Å². The zero-order valence-electron chi connectivity index (χ0n) is 13.7. The van der Waals surface area contributed by atoms with Crippen LogP contribution in [0, 0.1) is 12.7 Å². The number of fused-ring (bicyclic) bond motifs is 1. The second-order valence-electron chi connectivity index (χ2n) is 5.65. The molecule has 0 fully saturated rings. The molecule has 0 unspecified atom stereocenters. The summed E-state index contributed by atoms with van der Waals surface area (Å²) in [7, 11) is 0. The third kappa shape index (κ3) is 3.27. The Morgan fingerprint density at radius 3 is 2.85 bits per heavy atom. The summed E-state index contributed by atoms with van der Waals surface area (Å²) in [6.45, 7) is 2.24. The Hall–Kier alpha value is -2.51. The van der Waals surface area contributed by atoms with E-state index in [1.165, 1.54) is 18.0 Å². The van der Waals surface area contributed by atoms with Crippen molar-refractivity contribution in [2.24, 2.45) is 4.40 Å². The maximum atomic E-state index is 13.9. The van der Waals surface area contributed by atoms with Crippen molar-refractivity contribution in [2.45, 2.75) is 18.4 Å². The van der Waals surface area contributed by atoms with Gasteiger partial charge in [-0.1, -0.05) is 35.9 Å². The first kappa shape index (κ1) is 16.9. The molecule has 0 spiro atoms. The highest BCUT2D eigenvalue weighted by atomic mass is 35.5. The fourth-order valence-electron chi connectivity index (χ4n) is 2.63. The minimum atomic E-state index is -0.448. The number of hydrogen-bond acceptors (Lipinski definition) is 6. The smallest absolute Gasteiger partial charge is 0.213 e. The van der Waals surface area contributed by atoms with E-state index in [0.717, 1.165) is 21.9 Å². The van der Waals surface area contributed by atoms with Crippen LogP contribution in [-0.4, -0.2) is 10.9 Å². The van der Waals surface area contributed by atoms with Gasteiger partial charge in [-0.25, -0.2) is 9.37 Å². The molecule has 0 bridgehead atoms. The van der Waals surface area contributed by atoms with Gasteiger partial charge in [-0.15, -0.1) is 0 Å². The number of para-hydroxylation sites is 1. The van der Waals surface area contributed by atoms with Gasteiger partial charge in [0, 0.05) is 23.1 Å². The molecule has 1 aliphatic heterocycles. The molecular weight excluding hydrogens is 375 g/mol. The van der Waals surface area contributed by atoms with Gasteiger partial charge in [-0.05, 0) is 19.1 Å². The Balaban J connectivity index is 1.60. The standard InChI is InChI=1S/C18H14ClFN4OS/c1-10-8-21-15(25-10)9-22-18-23-17-12(5-3-7-14(17)26-24-18)11-4-2-6-13(20)16(11)19/h2-8H,9H2,1H3,(H2,22,23,24). The van der Waals surface area contributed by atoms with Gasteiger partial charge in [0.2, 0.25) is 11.9 Å². The predicted octanol–water partition coefficient (Wildman–Crippen LogP) is 5.02. The number of anilines is 1. The topological polar surface area (TPSA) is 62.5 Å². The number of nitrogens with zero attached hydrogens (tertiary/aromatic N) is 2. The Bertz CT molecular complexity index is 1000. The quantitative estimate of drug-likeness (QED) is 0.617. The number of rotatable bonds is 3. The van der Waals surface area contributed by atoms with Crippen LogP contribution in [0.25, 0.3) is 11.1 Å². The molecule has 0 amide bonds. The molecule has 0 radical (unpaired) electrons. The van der Waals surface area contributed by atoms with Gasteiger partial charge in [-0.2, -0.15) is 4.40 Å². The molecule has 4 rings (SSSR count). The Kier molecular flexibility index (Phi) is 4.57. The first-order chi connectivity index (χ1) is 12.6. The van der Waals surface area contributed by atoms with Crippen molar-refractivity contribution in [2.75, 3.05) is 5.32 Å². The summed E-state index contributed by atoms with van der Waals surface area (Å²) in [6.07, 6.45) is 1.67. The number of aromatic nitrogens is 1. The van der Waals surface area contributed by atoms with Crippen LogP contribution < -0.4 is 10.6 Å². The molecule has 2 N–H and O–H groups in total. The van der Waals surface area contributed by atoms with Crippen LogP contribution in [-0.2, 0) is 6.54 Å². The summed E-state index contributed by atoms with van der Waals surface area (Å²) in [5.74, 6) is 1.45. The van der Waals surface area contributed by atoms with Crippen LogP contribution in [0.1, 0.15) is 11.7 Å². The van der Waals surface area contributed by atoms with Crippen molar-refractivity contribution >= 4 is 35.2 Å². The van der Waals surface area contributed by atoms with E-state index in [4.69, 9.17) is 16.0 Å². The molecule has 1 aromatic heterocycles. The highest BCUT2D eigenvalue weighted by Gasteiger charge is 2.19. The molecule has 0 aliphatic carbocycles. The molecule has 132 valence electrons. The highest BCUT2D eigenvalue weighted by molar-refractivity contribution is 7.98. The van der Waals surface area contributed by atoms with E-state index < -0.39 is 5.82 Å². The Morgan fingerprint density at radius 1 is 1.23 bits per heavy atom. The highest BCUT2D eigenvalue weighted by Crippen LogP contribution is 2.41. The molecule has 3 aromatic rings. The normalized spacial score (nSPS) is 13.0. The summed E-state index contributed by atoms with van der Waals surface area (Å²) in [4.78, 5) is 5.08. The lowest BCUT2D eigenvalue weighted by Gasteiger charge is -2.21. The molecule has 2 heterocycles. The Labute approximate surface area is 158 Å². The lowest BCUT2D eigenvalue weighted by Crippen LogP contribution is -2.31. The number of guanidine groups is 1. The van der Waals surface area contributed by atoms with Crippen molar-refractivity contribution in [3.8, 4) is 11.1 Å². The molecule has 0 atom stereocenters. The number of oxazole rings is 1. The molecule has 2 aromatic carbocycles. The van der Waals surface area contributed by atoms with E-state index in [1.807, 2.05) is 25.1 Å². The van der Waals surface area contributed by atoms with E-state index in [2.05, 4.69) is 20.0 Å². The van der Waals surface area contributed by atoms with E-state index >= 15 is 0 Å². The first-order valence-electron chi connectivity index (χ1n) is 7.86. The number of halogens is 2. The number of nitrogens with one attached hydrogen (secondary N) is 2. The van der Waals surface area contributed by atoms with Crippen LogP contribution >= 0.6 is 23.5 Å². The van der Waals surface area contributed by atoms with Crippen LogP contribution in [0.2, 0.25) is 5.02 Å². The summed E-state index contributed by atoms with van der Waals surface area (Å²) in [5, 5.41) is 6.50. The van der Waals surface area contributed by atoms with E-state index in [-0.39, 0.29) is 5.02 Å². The summed E-state index contributed by atoms with van der Waals surface area (Å²) < 4.78 is 23.7. The number of benzene rings is 2. The van der Waals surface area contributed by atoms with Gasteiger partial charge in [0.05, 0.1) is 28.3 Å². The summed E-state index contributed by atoms with van der Waals surface area (Å²) >= 11 is 7.51. The van der Waals surface area contributed by atoms with Crippen LogP contribution in [0.3, 0.4) is 0 Å². The second-order valence-corrected chi connectivity index (χ2v) is 6.84. The van der Waals surface area contributed by atoms with Crippen molar-refractivity contribution in [3.63, 3.8) is 0 Å². The lowest BCUT2D eigenvalue weighted by atomic mass is 10.0. The molecular formula is C18H14ClFN4OS. The number of aryl methyl sites for hydroxylation is 1. The molecule has 8 heteroatoms. The zero-order valence-corrected chi connectivity index (χ0v) is 15.3. The molecule has 5 nitrogen and oxygen atoms in total. The van der Waals surface area contributed by atoms with Crippen molar-refractivity contribution in [1.29, 1.82) is 0 Å². The Morgan fingerprint density at radius 2 is 2.04 bits per heavy atom. The average Bonchev–Trinajstić information content (AvgIpc) is 3.07. The monoisotopic (exact) mass is 388 g/mol. The fraction of sp³-hybridized carbons (Fsp3) is 0.111. The zero-order chi connectivity index (χ0) is 18.1.